The molecule has 0 fully saturated rings. The number of carbonyl (C=O) groups is 1. The Labute approximate surface area is 123 Å². The summed E-state index contributed by atoms with van der Waals surface area (Å²) in [7, 11) is 0. The summed E-state index contributed by atoms with van der Waals surface area (Å²) in [6.45, 7) is 7.75. The highest BCUT2D eigenvalue weighted by Crippen LogP contribution is 2.18. The third kappa shape index (κ3) is 4.05. The van der Waals surface area contributed by atoms with E-state index in [1.54, 1.807) is 24.3 Å². The van der Waals surface area contributed by atoms with Gasteiger partial charge in [-0.05, 0) is 38.1 Å². The fourth-order valence-electron chi connectivity index (χ4n) is 1.63. The number of rotatable bonds is 5. The van der Waals surface area contributed by atoms with E-state index in [2.05, 4.69) is 15.5 Å². The molecule has 0 atom stereocenters. The standard InChI is InChI=1S/C15H19N3O3/c1-9(2)14-17-18-15(21-14)13(19)16-11-5-7-12(8-6-11)20-10(3)4/h5-10H,1-4H3,(H,16,19). The molecule has 0 aliphatic rings. The minimum Gasteiger partial charge on any atom is -0.491 e. The first kappa shape index (κ1) is 15.0. The van der Waals surface area contributed by atoms with Crippen LogP contribution in [0.2, 0.25) is 0 Å². The van der Waals surface area contributed by atoms with Crippen molar-refractivity contribution in [2.75, 3.05) is 5.32 Å². The number of hydrogen-bond donors (Lipinski definition) is 1. The molecule has 1 aromatic carbocycles. The molecule has 0 aliphatic heterocycles. The number of anilines is 1. The van der Waals surface area contributed by atoms with Crippen molar-refractivity contribution < 1.29 is 13.9 Å². The third-order valence-corrected chi connectivity index (χ3v) is 2.61. The predicted molar refractivity (Wildman–Crippen MR) is 78.5 cm³/mol. The molecule has 2 rings (SSSR count). The van der Waals surface area contributed by atoms with Gasteiger partial charge in [0, 0.05) is 11.6 Å². The van der Waals surface area contributed by atoms with E-state index in [1.165, 1.54) is 0 Å². The molecule has 1 amide bonds. The van der Waals surface area contributed by atoms with Gasteiger partial charge < -0.3 is 14.5 Å². The number of benzene rings is 1. The second-order valence-electron chi connectivity index (χ2n) is 5.25. The molecule has 2 aromatic rings. The van der Waals surface area contributed by atoms with Gasteiger partial charge >= 0.3 is 11.8 Å². The fraction of sp³-hybridized carbons (Fsp3) is 0.400. The van der Waals surface area contributed by atoms with Gasteiger partial charge in [0.25, 0.3) is 0 Å². The smallest absolute Gasteiger partial charge is 0.313 e. The number of ether oxygens (including phenoxy) is 1. The van der Waals surface area contributed by atoms with E-state index in [4.69, 9.17) is 9.15 Å². The Morgan fingerprint density at radius 3 is 2.33 bits per heavy atom. The van der Waals surface area contributed by atoms with Crippen LogP contribution in [0.25, 0.3) is 0 Å². The normalized spacial score (nSPS) is 11.0. The molecule has 1 N–H and O–H groups in total. The molecule has 0 radical (unpaired) electrons. The van der Waals surface area contributed by atoms with E-state index >= 15 is 0 Å². The summed E-state index contributed by atoms with van der Waals surface area (Å²) in [6, 6.07) is 7.11. The van der Waals surface area contributed by atoms with Crippen molar-refractivity contribution in [1.82, 2.24) is 10.2 Å². The highest BCUT2D eigenvalue weighted by molar-refractivity contribution is 6.00. The number of carbonyl (C=O) groups excluding carboxylic acids is 1. The maximum Gasteiger partial charge on any atom is 0.313 e. The Morgan fingerprint density at radius 1 is 1.14 bits per heavy atom. The molecule has 0 saturated heterocycles. The lowest BCUT2D eigenvalue weighted by Gasteiger charge is -2.10. The van der Waals surface area contributed by atoms with Crippen LogP contribution in [0.15, 0.2) is 28.7 Å². The summed E-state index contributed by atoms with van der Waals surface area (Å²) in [4.78, 5) is 12.0. The van der Waals surface area contributed by atoms with Gasteiger partial charge in [0.15, 0.2) is 0 Å². The summed E-state index contributed by atoms with van der Waals surface area (Å²) in [5.41, 5.74) is 0.639. The molecule has 6 nitrogen and oxygen atoms in total. The Bertz CT molecular complexity index is 603. The highest BCUT2D eigenvalue weighted by atomic mass is 16.5. The maximum absolute atomic E-state index is 12.0. The molecule has 0 bridgehead atoms. The van der Waals surface area contributed by atoms with Gasteiger partial charge in [0.05, 0.1) is 6.10 Å². The summed E-state index contributed by atoms with van der Waals surface area (Å²) in [6.07, 6.45) is 0.110. The lowest BCUT2D eigenvalue weighted by molar-refractivity contribution is 0.0988. The predicted octanol–water partition coefficient (Wildman–Crippen LogP) is 3.23. The molecule has 112 valence electrons. The summed E-state index contributed by atoms with van der Waals surface area (Å²) >= 11 is 0. The first-order valence-electron chi connectivity index (χ1n) is 6.87. The SMILES string of the molecule is CC(C)Oc1ccc(NC(=O)c2nnc(C(C)C)o2)cc1. The lowest BCUT2D eigenvalue weighted by atomic mass is 10.2. The van der Waals surface area contributed by atoms with Gasteiger partial charge in [-0.15, -0.1) is 10.2 Å². The summed E-state index contributed by atoms with van der Waals surface area (Å²) in [5, 5.41) is 10.3. The Balaban J connectivity index is 2.01. The number of hydrogen-bond acceptors (Lipinski definition) is 5. The van der Waals surface area contributed by atoms with Crippen molar-refractivity contribution in [3.63, 3.8) is 0 Å². The van der Waals surface area contributed by atoms with Crippen LogP contribution in [0.4, 0.5) is 5.69 Å². The molecule has 21 heavy (non-hydrogen) atoms. The van der Waals surface area contributed by atoms with E-state index < -0.39 is 5.91 Å². The molecule has 6 heteroatoms. The van der Waals surface area contributed by atoms with Gasteiger partial charge in [-0.3, -0.25) is 4.79 Å². The average molecular weight is 289 g/mol. The monoisotopic (exact) mass is 289 g/mol. The molecule has 0 aliphatic carbocycles. The Hall–Kier alpha value is -2.37. The molecular formula is C15H19N3O3. The fourth-order valence-corrected chi connectivity index (χ4v) is 1.63. The zero-order chi connectivity index (χ0) is 15.4. The van der Waals surface area contributed by atoms with Gasteiger partial charge in [0.2, 0.25) is 5.89 Å². The second-order valence-corrected chi connectivity index (χ2v) is 5.25. The van der Waals surface area contributed by atoms with Crippen LogP contribution < -0.4 is 10.1 Å². The van der Waals surface area contributed by atoms with Crippen LogP contribution in [0, 0.1) is 0 Å². The van der Waals surface area contributed by atoms with E-state index in [9.17, 15) is 4.79 Å². The molecule has 0 unspecified atom stereocenters. The molecule has 0 saturated carbocycles. The van der Waals surface area contributed by atoms with E-state index in [0.29, 0.717) is 11.6 Å². The molecular weight excluding hydrogens is 270 g/mol. The first-order chi connectivity index (χ1) is 9.95. The zero-order valence-corrected chi connectivity index (χ0v) is 12.6. The minimum atomic E-state index is -0.424. The quantitative estimate of drug-likeness (QED) is 0.914. The topological polar surface area (TPSA) is 77.2 Å². The van der Waals surface area contributed by atoms with Crippen LogP contribution in [-0.4, -0.2) is 22.2 Å². The number of nitrogens with one attached hydrogen (secondary N) is 1. The van der Waals surface area contributed by atoms with Crippen molar-refractivity contribution in [1.29, 1.82) is 0 Å². The maximum atomic E-state index is 12.0. The Kier molecular flexibility index (Phi) is 4.57. The van der Waals surface area contributed by atoms with Crippen LogP contribution >= 0.6 is 0 Å². The van der Waals surface area contributed by atoms with Crippen LogP contribution in [0.1, 0.15) is 50.2 Å². The second kappa shape index (κ2) is 6.39. The van der Waals surface area contributed by atoms with Crippen molar-refractivity contribution in [3.05, 3.63) is 36.0 Å². The highest BCUT2D eigenvalue weighted by Gasteiger charge is 2.16. The number of amides is 1. The van der Waals surface area contributed by atoms with Crippen LogP contribution in [-0.2, 0) is 0 Å². The van der Waals surface area contributed by atoms with Gasteiger partial charge in [-0.25, -0.2) is 0 Å². The van der Waals surface area contributed by atoms with E-state index in [0.717, 1.165) is 5.75 Å². The average Bonchev–Trinajstić information content (AvgIpc) is 2.90. The van der Waals surface area contributed by atoms with E-state index in [-0.39, 0.29) is 17.9 Å². The first-order valence-corrected chi connectivity index (χ1v) is 6.87. The lowest BCUT2D eigenvalue weighted by Crippen LogP contribution is -2.12. The van der Waals surface area contributed by atoms with Crippen molar-refractivity contribution in [3.8, 4) is 5.75 Å². The third-order valence-electron chi connectivity index (χ3n) is 2.61. The van der Waals surface area contributed by atoms with Crippen molar-refractivity contribution in [2.45, 2.75) is 39.7 Å². The van der Waals surface area contributed by atoms with Gasteiger partial charge in [0.1, 0.15) is 5.75 Å². The molecule has 0 spiro atoms. The summed E-state index contributed by atoms with van der Waals surface area (Å²) < 4.78 is 10.8. The number of nitrogens with zero attached hydrogens (tertiary/aromatic N) is 2. The summed E-state index contributed by atoms with van der Waals surface area (Å²) in [5.74, 6) is 0.823. The largest absolute Gasteiger partial charge is 0.491 e. The minimum absolute atomic E-state index is 0.0405. The molecule has 1 aromatic heterocycles. The number of aromatic nitrogens is 2. The van der Waals surface area contributed by atoms with E-state index in [1.807, 2.05) is 27.7 Å². The van der Waals surface area contributed by atoms with Crippen LogP contribution in [0.5, 0.6) is 5.75 Å². The van der Waals surface area contributed by atoms with Crippen molar-refractivity contribution in [2.24, 2.45) is 0 Å². The van der Waals surface area contributed by atoms with Gasteiger partial charge in [-0.1, -0.05) is 13.8 Å². The Morgan fingerprint density at radius 2 is 1.81 bits per heavy atom. The van der Waals surface area contributed by atoms with Crippen molar-refractivity contribution >= 4 is 11.6 Å². The zero-order valence-electron chi connectivity index (χ0n) is 12.6. The molecule has 1 heterocycles. The van der Waals surface area contributed by atoms with Gasteiger partial charge in [-0.2, -0.15) is 0 Å². The van der Waals surface area contributed by atoms with Crippen LogP contribution in [0.3, 0.4) is 0 Å².